The van der Waals surface area contributed by atoms with Gasteiger partial charge in [0.1, 0.15) is 0 Å². The van der Waals surface area contributed by atoms with E-state index in [1.807, 2.05) is 13.8 Å². The molecular weight excluding hydrogens is 232 g/mol. The Morgan fingerprint density at radius 3 is 2.61 bits per heavy atom. The van der Waals surface area contributed by atoms with Crippen LogP contribution in [0.3, 0.4) is 0 Å². The zero-order valence-corrected chi connectivity index (χ0v) is 11.3. The van der Waals surface area contributed by atoms with Crippen molar-refractivity contribution in [3.8, 4) is 0 Å². The summed E-state index contributed by atoms with van der Waals surface area (Å²) in [6, 6.07) is 0. The van der Waals surface area contributed by atoms with Gasteiger partial charge in [0, 0.05) is 13.1 Å². The SMILES string of the molecule is CCC(CNC(=O)C1(CC)CCCNC1)C(=O)O. The molecule has 2 unspecified atom stereocenters. The van der Waals surface area contributed by atoms with Crippen molar-refractivity contribution < 1.29 is 14.7 Å². The van der Waals surface area contributed by atoms with Crippen LogP contribution in [0.4, 0.5) is 0 Å². The van der Waals surface area contributed by atoms with Crippen LogP contribution in [0.1, 0.15) is 39.5 Å². The molecule has 0 saturated carbocycles. The Morgan fingerprint density at radius 1 is 1.44 bits per heavy atom. The van der Waals surface area contributed by atoms with Gasteiger partial charge in [-0.3, -0.25) is 9.59 Å². The van der Waals surface area contributed by atoms with E-state index >= 15 is 0 Å². The van der Waals surface area contributed by atoms with E-state index in [1.54, 1.807) is 0 Å². The van der Waals surface area contributed by atoms with Crippen LogP contribution in [0.5, 0.6) is 0 Å². The van der Waals surface area contributed by atoms with E-state index in [4.69, 9.17) is 5.11 Å². The maximum Gasteiger partial charge on any atom is 0.308 e. The lowest BCUT2D eigenvalue weighted by Gasteiger charge is -2.35. The summed E-state index contributed by atoms with van der Waals surface area (Å²) in [5.41, 5.74) is -0.352. The Labute approximate surface area is 108 Å². The first-order chi connectivity index (χ1) is 8.55. The lowest BCUT2D eigenvalue weighted by atomic mass is 9.77. The number of amides is 1. The fraction of sp³-hybridized carbons (Fsp3) is 0.846. The van der Waals surface area contributed by atoms with Crippen LogP contribution >= 0.6 is 0 Å². The van der Waals surface area contributed by atoms with Crippen LogP contribution in [-0.4, -0.2) is 36.6 Å². The standard InChI is InChI=1S/C13H24N2O3/c1-3-10(11(16)17)8-15-12(18)13(4-2)6-5-7-14-9-13/h10,14H,3-9H2,1-2H3,(H,15,18)(H,16,17). The summed E-state index contributed by atoms with van der Waals surface area (Å²) < 4.78 is 0. The molecule has 1 heterocycles. The molecule has 0 aromatic heterocycles. The number of carbonyl (C=O) groups is 2. The molecule has 1 amide bonds. The summed E-state index contributed by atoms with van der Waals surface area (Å²) in [7, 11) is 0. The number of nitrogens with one attached hydrogen (secondary N) is 2. The van der Waals surface area contributed by atoms with Crippen molar-refractivity contribution in [2.75, 3.05) is 19.6 Å². The van der Waals surface area contributed by atoms with Gasteiger partial charge < -0.3 is 15.7 Å². The highest BCUT2D eigenvalue weighted by Crippen LogP contribution is 2.30. The zero-order valence-electron chi connectivity index (χ0n) is 11.3. The smallest absolute Gasteiger partial charge is 0.308 e. The van der Waals surface area contributed by atoms with Gasteiger partial charge in [-0.1, -0.05) is 13.8 Å². The van der Waals surface area contributed by atoms with Gasteiger partial charge in [0.25, 0.3) is 0 Å². The predicted molar refractivity (Wildman–Crippen MR) is 69.3 cm³/mol. The molecule has 1 rings (SSSR count). The fourth-order valence-electron chi connectivity index (χ4n) is 2.43. The number of carboxylic acids is 1. The van der Waals surface area contributed by atoms with E-state index < -0.39 is 11.9 Å². The van der Waals surface area contributed by atoms with Crippen molar-refractivity contribution in [3.05, 3.63) is 0 Å². The van der Waals surface area contributed by atoms with Crippen molar-refractivity contribution in [1.82, 2.24) is 10.6 Å². The van der Waals surface area contributed by atoms with Gasteiger partial charge >= 0.3 is 5.97 Å². The molecule has 1 aliphatic rings. The minimum Gasteiger partial charge on any atom is -0.481 e. The van der Waals surface area contributed by atoms with Gasteiger partial charge in [-0.2, -0.15) is 0 Å². The van der Waals surface area contributed by atoms with Crippen molar-refractivity contribution in [1.29, 1.82) is 0 Å². The second-order valence-electron chi connectivity index (χ2n) is 5.07. The van der Waals surface area contributed by atoms with E-state index in [9.17, 15) is 9.59 Å². The highest BCUT2D eigenvalue weighted by atomic mass is 16.4. The van der Waals surface area contributed by atoms with Crippen LogP contribution in [0.25, 0.3) is 0 Å². The number of hydrogen-bond donors (Lipinski definition) is 3. The number of piperidine rings is 1. The molecule has 18 heavy (non-hydrogen) atoms. The number of carbonyl (C=O) groups excluding carboxylic acids is 1. The quantitative estimate of drug-likeness (QED) is 0.662. The number of hydrogen-bond acceptors (Lipinski definition) is 3. The molecule has 2 atom stereocenters. The van der Waals surface area contributed by atoms with Crippen molar-refractivity contribution in [3.63, 3.8) is 0 Å². The maximum absolute atomic E-state index is 12.3. The average Bonchev–Trinajstić information content (AvgIpc) is 2.39. The maximum atomic E-state index is 12.3. The van der Waals surface area contributed by atoms with E-state index in [0.717, 1.165) is 25.8 Å². The first kappa shape index (κ1) is 15.0. The van der Waals surface area contributed by atoms with E-state index in [2.05, 4.69) is 10.6 Å². The molecule has 1 fully saturated rings. The average molecular weight is 256 g/mol. The zero-order chi connectivity index (χ0) is 13.6. The lowest BCUT2D eigenvalue weighted by Crippen LogP contribution is -2.51. The molecule has 1 aliphatic heterocycles. The summed E-state index contributed by atoms with van der Waals surface area (Å²) >= 11 is 0. The third-order valence-corrected chi connectivity index (χ3v) is 3.98. The van der Waals surface area contributed by atoms with Gasteiger partial charge in [-0.25, -0.2) is 0 Å². The molecule has 5 heteroatoms. The van der Waals surface area contributed by atoms with Crippen molar-refractivity contribution in [2.24, 2.45) is 11.3 Å². The molecular formula is C13H24N2O3. The first-order valence-corrected chi connectivity index (χ1v) is 6.77. The van der Waals surface area contributed by atoms with Crippen molar-refractivity contribution in [2.45, 2.75) is 39.5 Å². The molecule has 1 saturated heterocycles. The number of aliphatic carboxylic acids is 1. The van der Waals surface area contributed by atoms with Crippen LogP contribution < -0.4 is 10.6 Å². The largest absolute Gasteiger partial charge is 0.481 e. The van der Waals surface area contributed by atoms with E-state index in [-0.39, 0.29) is 17.9 Å². The summed E-state index contributed by atoms with van der Waals surface area (Å²) in [5.74, 6) is -1.33. The van der Waals surface area contributed by atoms with Gasteiger partial charge in [-0.15, -0.1) is 0 Å². The van der Waals surface area contributed by atoms with Crippen LogP contribution in [-0.2, 0) is 9.59 Å². The molecule has 0 aliphatic carbocycles. The third kappa shape index (κ3) is 3.45. The third-order valence-electron chi connectivity index (χ3n) is 3.98. The lowest BCUT2D eigenvalue weighted by molar-refractivity contribution is -0.142. The van der Waals surface area contributed by atoms with Crippen LogP contribution in [0, 0.1) is 11.3 Å². The fourth-order valence-corrected chi connectivity index (χ4v) is 2.43. The van der Waals surface area contributed by atoms with Crippen LogP contribution in [0.2, 0.25) is 0 Å². The molecule has 3 N–H and O–H groups in total. The minimum atomic E-state index is -0.842. The Bertz CT molecular complexity index is 299. The van der Waals surface area contributed by atoms with Crippen molar-refractivity contribution >= 4 is 11.9 Å². The van der Waals surface area contributed by atoms with E-state index in [0.29, 0.717) is 13.0 Å². The summed E-state index contributed by atoms with van der Waals surface area (Å²) in [4.78, 5) is 23.2. The molecule has 0 bridgehead atoms. The summed E-state index contributed by atoms with van der Waals surface area (Å²) in [6.07, 6.45) is 3.20. The first-order valence-electron chi connectivity index (χ1n) is 6.77. The summed E-state index contributed by atoms with van der Waals surface area (Å²) in [5, 5.41) is 15.0. The number of carboxylic acid groups (broad SMARTS) is 1. The van der Waals surface area contributed by atoms with Gasteiger partial charge in [0.15, 0.2) is 0 Å². The molecule has 0 spiro atoms. The normalized spacial score (nSPS) is 25.4. The highest BCUT2D eigenvalue weighted by molar-refractivity contribution is 5.83. The number of rotatable bonds is 6. The Hall–Kier alpha value is -1.10. The molecule has 5 nitrogen and oxygen atoms in total. The second kappa shape index (κ2) is 6.73. The molecule has 0 aromatic rings. The predicted octanol–water partition coefficient (Wildman–Crippen LogP) is 0.993. The van der Waals surface area contributed by atoms with E-state index in [1.165, 1.54) is 0 Å². The molecule has 104 valence electrons. The summed E-state index contributed by atoms with van der Waals surface area (Å²) in [6.45, 7) is 5.72. The molecule has 0 radical (unpaired) electrons. The molecule has 0 aromatic carbocycles. The Morgan fingerprint density at radius 2 is 2.17 bits per heavy atom. The Balaban J connectivity index is 2.54. The monoisotopic (exact) mass is 256 g/mol. The Kier molecular flexibility index (Phi) is 5.59. The highest BCUT2D eigenvalue weighted by Gasteiger charge is 2.37. The minimum absolute atomic E-state index is 0.00287. The van der Waals surface area contributed by atoms with Gasteiger partial charge in [-0.05, 0) is 32.2 Å². The van der Waals surface area contributed by atoms with Gasteiger partial charge in [0.05, 0.1) is 11.3 Å². The van der Waals surface area contributed by atoms with Crippen LogP contribution in [0.15, 0.2) is 0 Å². The second-order valence-corrected chi connectivity index (χ2v) is 5.07. The topological polar surface area (TPSA) is 78.4 Å². The van der Waals surface area contributed by atoms with Gasteiger partial charge in [0.2, 0.25) is 5.91 Å².